The van der Waals surface area contributed by atoms with Crippen molar-refractivity contribution in [2.24, 2.45) is 5.92 Å². The molecule has 1 fully saturated rings. The van der Waals surface area contributed by atoms with Crippen molar-refractivity contribution in [3.8, 4) is 0 Å². The summed E-state index contributed by atoms with van der Waals surface area (Å²) in [4.78, 5) is 16.6. The van der Waals surface area contributed by atoms with Gasteiger partial charge in [0.15, 0.2) is 0 Å². The van der Waals surface area contributed by atoms with E-state index in [9.17, 15) is 18.0 Å². The van der Waals surface area contributed by atoms with E-state index in [1.807, 2.05) is 13.8 Å². The molecule has 0 aliphatic carbocycles. The third-order valence-corrected chi connectivity index (χ3v) is 5.78. The highest BCUT2D eigenvalue weighted by Gasteiger charge is 2.30. The van der Waals surface area contributed by atoms with Crippen LogP contribution in [-0.2, 0) is 12.6 Å². The van der Waals surface area contributed by atoms with E-state index in [-0.39, 0.29) is 17.6 Å². The number of nitrogens with zero attached hydrogens (tertiary/aromatic N) is 3. The lowest BCUT2D eigenvalue weighted by Gasteiger charge is -2.34. The summed E-state index contributed by atoms with van der Waals surface area (Å²) in [6, 6.07) is 7.24. The van der Waals surface area contributed by atoms with Gasteiger partial charge in [-0.2, -0.15) is 13.2 Å². The van der Waals surface area contributed by atoms with Gasteiger partial charge in [0.1, 0.15) is 0 Å². The molecule has 1 aromatic carbocycles. The van der Waals surface area contributed by atoms with Gasteiger partial charge in [0.05, 0.1) is 11.3 Å². The molecule has 2 heterocycles. The van der Waals surface area contributed by atoms with Crippen LogP contribution in [0.4, 0.5) is 13.2 Å². The maximum absolute atomic E-state index is 12.9. The van der Waals surface area contributed by atoms with Crippen LogP contribution in [0.2, 0.25) is 0 Å². The number of rotatable bonds is 7. The Morgan fingerprint density at radius 3 is 2.77 bits per heavy atom. The molecule has 3 rings (SSSR count). The van der Waals surface area contributed by atoms with Crippen LogP contribution < -0.4 is 0 Å². The minimum absolute atomic E-state index is 0.180. The molecule has 31 heavy (non-hydrogen) atoms. The van der Waals surface area contributed by atoms with E-state index < -0.39 is 11.7 Å². The first-order chi connectivity index (χ1) is 14.6. The van der Waals surface area contributed by atoms with E-state index in [1.165, 1.54) is 12.1 Å². The Balaban J connectivity index is 1.51. The van der Waals surface area contributed by atoms with Gasteiger partial charge < -0.3 is 14.3 Å². The van der Waals surface area contributed by atoms with E-state index >= 15 is 0 Å². The summed E-state index contributed by atoms with van der Waals surface area (Å²) in [6.45, 7) is 7.04. The fourth-order valence-corrected chi connectivity index (χ4v) is 4.01. The molecule has 0 unspecified atom stereocenters. The maximum Gasteiger partial charge on any atom is 0.416 e. The van der Waals surface area contributed by atoms with Crippen molar-refractivity contribution < 1.29 is 22.5 Å². The fraction of sp³-hybridized carbons (Fsp3) is 0.565. The number of benzene rings is 1. The van der Waals surface area contributed by atoms with Gasteiger partial charge in [0, 0.05) is 32.7 Å². The van der Waals surface area contributed by atoms with Gasteiger partial charge in [-0.25, -0.2) is 0 Å². The van der Waals surface area contributed by atoms with Crippen molar-refractivity contribution in [1.29, 1.82) is 0 Å². The highest BCUT2D eigenvalue weighted by molar-refractivity contribution is 5.91. The second-order valence-corrected chi connectivity index (χ2v) is 8.71. The molecule has 0 bridgehead atoms. The predicted molar refractivity (Wildman–Crippen MR) is 112 cm³/mol. The number of likely N-dealkylation sites (tertiary alicyclic amines) is 1. The lowest BCUT2D eigenvalue weighted by molar-refractivity contribution is -0.137. The molecule has 1 amide bonds. The third kappa shape index (κ3) is 6.32. The van der Waals surface area contributed by atoms with Crippen LogP contribution in [0.3, 0.4) is 0 Å². The Morgan fingerprint density at radius 1 is 1.32 bits per heavy atom. The maximum atomic E-state index is 12.9. The van der Waals surface area contributed by atoms with Gasteiger partial charge >= 0.3 is 6.18 Å². The monoisotopic (exact) mass is 437 g/mol. The lowest BCUT2D eigenvalue weighted by Crippen LogP contribution is -2.42. The van der Waals surface area contributed by atoms with Crippen molar-refractivity contribution in [2.45, 2.75) is 45.2 Å². The predicted octanol–water partition coefficient (Wildman–Crippen LogP) is 4.84. The highest BCUT2D eigenvalue weighted by atomic mass is 19.4. The van der Waals surface area contributed by atoms with Crippen LogP contribution in [0.25, 0.3) is 0 Å². The van der Waals surface area contributed by atoms with Crippen LogP contribution in [0.1, 0.15) is 60.0 Å². The summed E-state index contributed by atoms with van der Waals surface area (Å²) in [5, 5.41) is 3.95. The van der Waals surface area contributed by atoms with Crippen LogP contribution in [0.5, 0.6) is 0 Å². The molecular formula is C23H30F3N3O2. The summed E-state index contributed by atoms with van der Waals surface area (Å²) >= 11 is 0. The number of amides is 1. The second-order valence-electron chi connectivity index (χ2n) is 8.71. The molecule has 0 N–H and O–H groups in total. The molecule has 170 valence electrons. The molecule has 0 spiro atoms. The van der Waals surface area contributed by atoms with Gasteiger partial charge in [-0.3, -0.25) is 4.79 Å². The van der Waals surface area contributed by atoms with E-state index in [0.717, 1.165) is 37.7 Å². The third-order valence-electron chi connectivity index (χ3n) is 5.78. The molecule has 0 radical (unpaired) electrons. The van der Waals surface area contributed by atoms with Crippen LogP contribution >= 0.6 is 0 Å². The minimum Gasteiger partial charge on any atom is -0.351 e. The van der Waals surface area contributed by atoms with Crippen LogP contribution in [0, 0.1) is 5.92 Å². The number of carbonyl (C=O) groups excluding carboxylic acids is 1. The molecule has 1 saturated heterocycles. The van der Waals surface area contributed by atoms with Gasteiger partial charge in [0.25, 0.3) is 5.91 Å². The zero-order chi connectivity index (χ0) is 22.6. The van der Waals surface area contributed by atoms with Crippen molar-refractivity contribution in [2.75, 3.05) is 33.2 Å². The summed E-state index contributed by atoms with van der Waals surface area (Å²) in [5.74, 6) is 0.583. The Kier molecular flexibility index (Phi) is 7.41. The minimum atomic E-state index is -4.32. The summed E-state index contributed by atoms with van der Waals surface area (Å²) in [5.41, 5.74) is 0.848. The number of piperidine rings is 1. The molecule has 8 heteroatoms. The molecule has 5 nitrogen and oxygen atoms in total. The first kappa shape index (κ1) is 23.3. The number of hydrogen-bond acceptors (Lipinski definition) is 4. The molecule has 1 aliphatic rings. The van der Waals surface area contributed by atoms with E-state index in [1.54, 1.807) is 24.1 Å². The standard InChI is InChI=1S/C23H30F3N3O2/c1-16(2)20-13-21(31-27-20)22(30)28(3)14-18-7-5-10-29(15-18)11-9-17-6-4-8-19(12-17)23(24,25)26/h4,6,8,12-13,16,18H,5,7,9-11,14-15H2,1-3H3/t18-/m1/s1. The molecular weight excluding hydrogens is 407 g/mol. The topological polar surface area (TPSA) is 49.6 Å². The van der Waals surface area contributed by atoms with Crippen LogP contribution in [0.15, 0.2) is 34.9 Å². The average molecular weight is 438 g/mol. The summed E-state index contributed by atoms with van der Waals surface area (Å²) < 4.78 is 43.9. The van der Waals surface area contributed by atoms with Gasteiger partial charge in [-0.1, -0.05) is 37.2 Å². The van der Waals surface area contributed by atoms with Crippen molar-refractivity contribution in [3.63, 3.8) is 0 Å². The normalized spacial score (nSPS) is 17.8. The van der Waals surface area contributed by atoms with Crippen molar-refractivity contribution in [1.82, 2.24) is 15.0 Å². The van der Waals surface area contributed by atoms with Crippen molar-refractivity contribution in [3.05, 3.63) is 52.9 Å². The van der Waals surface area contributed by atoms with Gasteiger partial charge in [0.2, 0.25) is 5.76 Å². The van der Waals surface area contributed by atoms with E-state index in [4.69, 9.17) is 4.52 Å². The Bertz CT molecular complexity index is 879. The van der Waals surface area contributed by atoms with Gasteiger partial charge in [-0.05, 0) is 49.3 Å². The van der Waals surface area contributed by atoms with E-state index in [0.29, 0.717) is 31.0 Å². The first-order valence-electron chi connectivity index (χ1n) is 10.7. The Hall–Kier alpha value is -2.35. The van der Waals surface area contributed by atoms with E-state index in [2.05, 4.69) is 10.1 Å². The quantitative estimate of drug-likeness (QED) is 0.622. The zero-order valence-corrected chi connectivity index (χ0v) is 18.3. The van der Waals surface area contributed by atoms with Crippen molar-refractivity contribution >= 4 is 5.91 Å². The number of carbonyl (C=O) groups is 1. The average Bonchev–Trinajstić information content (AvgIpc) is 3.22. The lowest BCUT2D eigenvalue weighted by atomic mass is 9.97. The zero-order valence-electron chi connectivity index (χ0n) is 18.3. The largest absolute Gasteiger partial charge is 0.416 e. The molecule has 1 atom stereocenters. The van der Waals surface area contributed by atoms with Gasteiger partial charge in [-0.15, -0.1) is 0 Å². The molecule has 0 saturated carbocycles. The Morgan fingerprint density at radius 2 is 2.10 bits per heavy atom. The number of aromatic nitrogens is 1. The SMILES string of the molecule is CC(C)c1cc(C(=O)N(C)C[C@H]2CCCN(CCc3cccc(C(F)(F)F)c3)C2)on1. The fourth-order valence-electron chi connectivity index (χ4n) is 4.01. The molecule has 1 aliphatic heterocycles. The number of halogens is 3. The Labute approximate surface area is 181 Å². The molecule has 1 aromatic heterocycles. The van der Waals surface area contributed by atoms with Crippen LogP contribution in [-0.4, -0.2) is 54.1 Å². The summed E-state index contributed by atoms with van der Waals surface area (Å²) in [7, 11) is 1.77. The number of alkyl halides is 3. The second kappa shape index (κ2) is 9.85. The molecule has 2 aromatic rings. The highest BCUT2D eigenvalue weighted by Crippen LogP contribution is 2.29. The number of hydrogen-bond donors (Lipinski definition) is 0. The smallest absolute Gasteiger partial charge is 0.351 e. The first-order valence-corrected chi connectivity index (χ1v) is 10.7. The summed E-state index contributed by atoms with van der Waals surface area (Å²) in [6.07, 6.45) is -1.72.